The quantitative estimate of drug-likeness (QED) is 0.321. The number of aldehydes is 1. The highest BCUT2D eigenvalue weighted by molar-refractivity contribution is 7.46. The first-order valence-corrected chi connectivity index (χ1v) is 4.79. The Bertz CT molecular complexity index is 219. The third-order valence-corrected chi connectivity index (χ3v) is 1.80. The predicted octanol–water partition coefficient (Wildman–Crippen LogP) is -1.59. The average Bonchev–Trinajstić information content (AvgIpc) is 1.98. The molecule has 0 bridgehead atoms. The summed E-state index contributed by atoms with van der Waals surface area (Å²) in [7, 11) is -4.69. The molecule has 0 aromatic carbocycles. The molecule has 13 heavy (non-hydrogen) atoms. The minimum Gasteiger partial charge on any atom is -0.387 e. The van der Waals surface area contributed by atoms with Crippen molar-refractivity contribution in [3.05, 3.63) is 0 Å². The van der Waals surface area contributed by atoms with Gasteiger partial charge < -0.3 is 24.8 Å². The summed E-state index contributed by atoms with van der Waals surface area (Å²) in [6, 6.07) is 0. The number of aliphatic hydroxyl groups is 2. The minimum atomic E-state index is -4.69. The van der Waals surface area contributed by atoms with E-state index in [1.54, 1.807) is 0 Å². The molecule has 0 radical (unpaired) electrons. The van der Waals surface area contributed by atoms with E-state index in [1.165, 1.54) is 0 Å². The first-order chi connectivity index (χ1) is 5.69. The van der Waals surface area contributed by atoms with Crippen LogP contribution < -0.4 is 0 Å². The predicted molar refractivity (Wildman–Crippen MR) is 40.7 cm³/mol. The minimum absolute atomic E-state index is 0.0563. The van der Waals surface area contributed by atoms with Crippen LogP contribution in [0.1, 0.15) is 6.92 Å². The summed E-state index contributed by atoms with van der Waals surface area (Å²) in [5.74, 6) is 0. The molecule has 0 spiro atoms. The lowest BCUT2D eigenvalue weighted by molar-refractivity contribution is -0.136. The Morgan fingerprint density at radius 3 is 2.38 bits per heavy atom. The van der Waals surface area contributed by atoms with Crippen molar-refractivity contribution in [1.29, 1.82) is 0 Å². The molecule has 7 nitrogen and oxygen atoms in total. The third-order valence-electron chi connectivity index (χ3n) is 1.31. The normalized spacial score (nSPS) is 19.2. The van der Waals surface area contributed by atoms with Gasteiger partial charge in [0.25, 0.3) is 0 Å². The van der Waals surface area contributed by atoms with Crippen molar-refractivity contribution in [3.8, 4) is 0 Å². The lowest BCUT2D eigenvalue weighted by Gasteiger charge is -2.22. The highest BCUT2D eigenvalue weighted by Crippen LogP contribution is 2.36. The van der Waals surface area contributed by atoms with Gasteiger partial charge in [-0.25, -0.2) is 4.57 Å². The number of phosphoric acid groups is 1. The second-order valence-corrected chi connectivity index (χ2v) is 3.89. The maximum atomic E-state index is 10.1. The van der Waals surface area contributed by atoms with E-state index in [0.717, 1.165) is 6.92 Å². The first kappa shape index (κ1) is 12.7. The molecular formula is C5H11O7P. The number of carbonyl (C=O) groups is 1. The van der Waals surface area contributed by atoms with Gasteiger partial charge >= 0.3 is 7.82 Å². The molecule has 4 N–H and O–H groups in total. The fourth-order valence-electron chi connectivity index (χ4n) is 0.415. The average molecular weight is 214 g/mol. The van der Waals surface area contributed by atoms with Crippen LogP contribution in [-0.4, -0.2) is 44.6 Å². The summed E-state index contributed by atoms with van der Waals surface area (Å²) in [5.41, 5.74) is -2.07. The topological polar surface area (TPSA) is 124 Å². The number of hydrogen-bond acceptors (Lipinski definition) is 5. The molecule has 0 aromatic rings. The van der Waals surface area contributed by atoms with Gasteiger partial charge in [-0.05, 0) is 6.92 Å². The largest absolute Gasteiger partial charge is 0.469 e. The Kier molecular flexibility index (Phi) is 4.18. The van der Waals surface area contributed by atoms with Crippen LogP contribution in [0.4, 0.5) is 0 Å². The fourth-order valence-corrected chi connectivity index (χ4v) is 0.750. The van der Waals surface area contributed by atoms with Crippen molar-refractivity contribution in [2.45, 2.75) is 18.6 Å². The van der Waals surface area contributed by atoms with Gasteiger partial charge in [0.2, 0.25) is 0 Å². The maximum Gasteiger partial charge on any atom is 0.469 e. The van der Waals surface area contributed by atoms with Crippen molar-refractivity contribution in [2.75, 3.05) is 6.61 Å². The molecule has 0 amide bonds. The summed E-state index contributed by atoms with van der Waals surface area (Å²) in [4.78, 5) is 26.6. The molecule has 0 unspecified atom stereocenters. The Morgan fingerprint density at radius 1 is 1.62 bits per heavy atom. The van der Waals surface area contributed by atoms with Gasteiger partial charge in [-0.3, -0.25) is 4.52 Å². The first-order valence-electron chi connectivity index (χ1n) is 3.26. The molecule has 0 rings (SSSR count). The lowest BCUT2D eigenvalue weighted by Crippen LogP contribution is -2.43. The van der Waals surface area contributed by atoms with Crippen LogP contribution >= 0.6 is 7.82 Å². The summed E-state index contributed by atoms with van der Waals surface area (Å²) in [6.07, 6.45) is -1.63. The molecule has 0 saturated heterocycles. The molecule has 8 heteroatoms. The number of aliphatic hydroxyl groups excluding tert-OH is 1. The number of phosphoric ester groups is 1. The molecule has 0 aliphatic heterocycles. The summed E-state index contributed by atoms with van der Waals surface area (Å²) in [6.45, 7) is 0.170. The Balaban J connectivity index is 4.09. The molecule has 0 aliphatic carbocycles. The van der Waals surface area contributed by atoms with Crippen LogP contribution in [0, 0.1) is 0 Å². The molecular weight excluding hydrogens is 203 g/mol. The van der Waals surface area contributed by atoms with E-state index in [2.05, 4.69) is 4.52 Å². The van der Waals surface area contributed by atoms with E-state index in [9.17, 15) is 9.36 Å². The highest BCUT2D eigenvalue weighted by atomic mass is 31.2. The van der Waals surface area contributed by atoms with E-state index >= 15 is 0 Å². The smallest absolute Gasteiger partial charge is 0.387 e. The van der Waals surface area contributed by atoms with E-state index in [0.29, 0.717) is 0 Å². The van der Waals surface area contributed by atoms with Crippen LogP contribution in [0.3, 0.4) is 0 Å². The monoisotopic (exact) mass is 214 g/mol. The zero-order chi connectivity index (χ0) is 10.7. The van der Waals surface area contributed by atoms with Gasteiger partial charge in [-0.2, -0.15) is 0 Å². The van der Waals surface area contributed by atoms with Crippen LogP contribution in [0.25, 0.3) is 0 Å². The Labute approximate surface area is 74.2 Å². The molecule has 0 aromatic heterocycles. The lowest BCUT2D eigenvalue weighted by atomic mass is 10.0. The molecule has 0 aliphatic rings. The van der Waals surface area contributed by atoms with E-state index in [-0.39, 0.29) is 6.29 Å². The van der Waals surface area contributed by atoms with Crippen LogP contribution in [0.2, 0.25) is 0 Å². The van der Waals surface area contributed by atoms with Crippen molar-refractivity contribution in [3.63, 3.8) is 0 Å². The molecule has 0 heterocycles. The number of rotatable bonds is 5. The van der Waals surface area contributed by atoms with Gasteiger partial charge in [0.1, 0.15) is 11.7 Å². The van der Waals surface area contributed by atoms with Gasteiger partial charge in [-0.1, -0.05) is 0 Å². The number of carbonyl (C=O) groups excluding carboxylic acids is 1. The van der Waals surface area contributed by atoms with E-state index in [4.69, 9.17) is 20.0 Å². The van der Waals surface area contributed by atoms with Crippen molar-refractivity contribution >= 4 is 14.1 Å². The molecule has 0 fully saturated rings. The molecule has 78 valence electrons. The second-order valence-electron chi connectivity index (χ2n) is 2.65. The summed E-state index contributed by atoms with van der Waals surface area (Å²) in [5, 5.41) is 18.0. The van der Waals surface area contributed by atoms with Crippen LogP contribution in [0.15, 0.2) is 0 Å². The van der Waals surface area contributed by atoms with Crippen molar-refractivity contribution in [2.24, 2.45) is 0 Å². The van der Waals surface area contributed by atoms with Crippen LogP contribution in [0.5, 0.6) is 0 Å². The van der Waals surface area contributed by atoms with Gasteiger partial charge in [0.05, 0.1) is 6.61 Å². The van der Waals surface area contributed by atoms with Crippen molar-refractivity contribution < 1.29 is 33.9 Å². The zero-order valence-electron chi connectivity index (χ0n) is 6.82. The second kappa shape index (κ2) is 4.28. The van der Waals surface area contributed by atoms with Gasteiger partial charge in [-0.15, -0.1) is 0 Å². The number of hydrogen-bond donors (Lipinski definition) is 4. The standard InChI is InChI=1S/C5H11O7P/c1-5(8,3-6)4(7)2-12-13(9,10)11/h3-4,7-8H,2H2,1H3,(H2,9,10,11)/t4-,5+/m1/s1. The SMILES string of the molecule is C[C@](O)(C=O)[C@H](O)COP(=O)(O)O. The molecule has 0 saturated carbocycles. The van der Waals surface area contributed by atoms with Crippen molar-refractivity contribution in [1.82, 2.24) is 0 Å². The van der Waals surface area contributed by atoms with E-state index in [1.807, 2.05) is 0 Å². The summed E-state index contributed by atoms with van der Waals surface area (Å²) >= 11 is 0. The summed E-state index contributed by atoms with van der Waals surface area (Å²) < 4.78 is 14.0. The van der Waals surface area contributed by atoms with Crippen LogP contribution in [-0.2, 0) is 13.9 Å². The highest BCUT2D eigenvalue weighted by Gasteiger charge is 2.31. The zero-order valence-corrected chi connectivity index (χ0v) is 7.72. The maximum absolute atomic E-state index is 10.1. The Hall–Kier alpha value is -0.300. The van der Waals surface area contributed by atoms with Gasteiger partial charge in [0, 0.05) is 0 Å². The Morgan fingerprint density at radius 2 is 2.08 bits per heavy atom. The van der Waals surface area contributed by atoms with E-state index < -0.39 is 26.1 Å². The van der Waals surface area contributed by atoms with Gasteiger partial charge in [0.15, 0.2) is 6.29 Å². The third kappa shape index (κ3) is 5.09. The fraction of sp³-hybridized carbons (Fsp3) is 0.800. The molecule has 2 atom stereocenters.